The van der Waals surface area contributed by atoms with Crippen molar-refractivity contribution in [3.8, 4) is 0 Å². The van der Waals surface area contributed by atoms with Crippen LogP contribution in [0.1, 0.15) is 25.3 Å². The van der Waals surface area contributed by atoms with E-state index in [0.717, 1.165) is 41.6 Å². The average molecular weight is 301 g/mol. The fourth-order valence-corrected chi connectivity index (χ4v) is 2.97. The van der Waals surface area contributed by atoms with Gasteiger partial charge >= 0.3 is 0 Å². The van der Waals surface area contributed by atoms with Crippen LogP contribution >= 0.6 is 12.2 Å². The minimum Gasteiger partial charge on any atom is -0.389 e. The normalized spacial score (nSPS) is 22.1. The molecule has 2 unspecified atom stereocenters. The predicted octanol–water partition coefficient (Wildman–Crippen LogP) is 2.85. The predicted molar refractivity (Wildman–Crippen MR) is 89.7 cm³/mol. The van der Waals surface area contributed by atoms with Crippen molar-refractivity contribution in [2.75, 3.05) is 11.9 Å². The van der Waals surface area contributed by atoms with E-state index in [4.69, 9.17) is 22.7 Å². The topological polar surface area (TPSA) is 60.2 Å². The largest absolute Gasteiger partial charge is 0.389 e. The first-order chi connectivity index (χ1) is 10.1. The number of anilines is 1. The molecule has 3 N–H and O–H groups in total. The number of rotatable bonds is 3. The van der Waals surface area contributed by atoms with Gasteiger partial charge < -0.3 is 15.8 Å². The molecule has 1 aromatic carbocycles. The van der Waals surface area contributed by atoms with Crippen LogP contribution in [0.2, 0.25) is 0 Å². The van der Waals surface area contributed by atoms with E-state index in [0.29, 0.717) is 11.0 Å². The van der Waals surface area contributed by atoms with E-state index in [-0.39, 0.29) is 6.10 Å². The van der Waals surface area contributed by atoms with Gasteiger partial charge in [0.15, 0.2) is 0 Å². The number of nitrogens with one attached hydrogen (secondary N) is 1. The standard InChI is InChI=1S/C16H19N3OS/c1-10-8-11(6-7-20-10)19-15-12-4-2-3-5-14(12)18-9-13(15)16(17)21/h2-5,9-11H,6-8H2,1H3,(H2,17,21)(H,18,19). The van der Waals surface area contributed by atoms with Gasteiger partial charge in [0.25, 0.3) is 0 Å². The van der Waals surface area contributed by atoms with Crippen LogP contribution in [-0.4, -0.2) is 28.7 Å². The quantitative estimate of drug-likeness (QED) is 0.854. The molecule has 2 aromatic rings. The lowest BCUT2D eigenvalue weighted by atomic mass is 10.0. The van der Waals surface area contributed by atoms with Gasteiger partial charge in [0.2, 0.25) is 0 Å². The number of nitrogens with zero attached hydrogens (tertiary/aromatic N) is 1. The van der Waals surface area contributed by atoms with Crippen molar-refractivity contribution < 1.29 is 4.74 Å². The average Bonchev–Trinajstić information content (AvgIpc) is 2.47. The Morgan fingerprint density at radius 1 is 1.43 bits per heavy atom. The number of hydrogen-bond acceptors (Lipinski definition) is 4. The molecule has 1 aliphatic heterocycles. The number of hydrogen-bond donors (Lipinski definition) is 2. The summed E-state index contributed by atoms with van der Waals surface area (Å²) >= 11 is 5.18. The number of aromatic nitrogens is 1. The molecule has 5 heteroatoms. The van der Waals surface area contributed by atoms with Crippen molar-refractivity contribution in [3.05, 3.63) is 36.0 Å². The van der Waals surface area contributed by atoms with E-state index >= 15 is 0 Å². The van der Waals surface area contributed by atoms with Crippen LogP contribution < -0.4 is 11.1 Å². The first kappa shape index (κ1) is 14.2. The molecule has 3 rings (SSSR count). The van der Waals surface area contributed by atoms with Crippen molar-refractivity contribution in [2.24, 2.45) is 5.73 Å². The second-order valence-electron chi connectivity index (χ2n) is 5.48. The molecule has 0 aliphatic carbocycles. The zero-order chi connectivity index (χ0) is 14.8. The van der Waals surface area contributed by atoms with Crippen molar-refractivity contribution in [3.63, 3.8) is 0 Å². The van der Waals surface area contributed by atoms with Gasteiger partial charge in [-0.15, -0.1) is 0 Å². The number of nitrogens with two attached hydrogens (primary N) is 1. The van der Waals surface area contributed by atoms with Gasteiger partial charge in [-0.2, -0.15) is 0 Å². The van der Waals surface area contributed by atoms with E-state index in [2.05, 4.69) is 23.3 Å². The smallest absolute Gasteiger partial charge is 0.107 e. The molecule has 4 nitrogen and oxygen atoms in total. The van der Waals surface area contributed by atoms with Crippen LogP contribution in [0.5, 0.6) is 0 Å². The van der Waals surface area contributed by atoms with Crippen LogP contribution in [-0.2, 0) is 4.74 Å². The van der Waals surface area contributed by atoms with E-state index in [9.17, 15) is 0 Å². The highest BCUT2D eigenvalue weighted by Crippen LogP contribution is 2.28. The molecule has 2 heterocycles. The Morgan fingerprint density at radius 2 is 2.24 bits per heavy atom. The first-order valence-electron chi connectivity index (χ1n) is 7.21. The fourth-order valence-electron chi connectivity index (χ4n) is 2.82. The summed E-state index contributed by atoms with van der Waals surface area (Å²) in [4.78, 5) is 4.81. The second-order valence-corrected chi connectivity index (χ2v) is 5.92. The molecule has 1 aromatic heterocycles. The molecule has 1 aliphatic rings. The Labute approximate surface area is 129 Å². The summed E-state index contributed by atoms with van der Waals surface area (Å²) in [5.74, 6) is 0. The minimum absolute atomic E-state index is 0.276. The summed E-state index contributed by atoms with van der Waals surface area (Å²) in [6, 6.07) is 8.40. The maximum absolute atomic E-state index is 5.86. The molecular formula is C16H19N3OS. The van der Waals surface area contributed by atoms with Crippen molar-refractivity contribution in [1.29, 1.82) is 0 Å². The van der Waals surface area contributed by atoms with Crippen molar-refractivity contribution >= 4 is 33.8 Å². The van der Waals surface area contributed by atoms with Crippen LogP contribution in [0.25, 0.3) is 10.9 Å². The number of para-hydroxylation sites is 1. The van der Waals surface area contributed by atoms with Gasteiger partial charge in [-0.05, 0) is 25.8 Å². The van der Waals surface area contributed by atoms with E-state index < -0.39 is 0 Å². The van der Waals surface area contributed by atoms with Gasteiger partial charge in [-0.25, -0.2) is 0 Å². The Morgan fingerprint density at radius 3 is 3.00 bits per heavy atom. The van der Waals surface area contributed by atoms with Crippen LogP contribution in [0.4, 0.5) is 5.69 Å². The Kier molecular flexibility index (Phi) is 4.03. The highest BCUT2D eigenvalue weighted by atomic mass is 32.1. The third-order valence-corrected chi connectivity index (χ3v) is 4.09. The van der Waals surface area contributed by atoms with Crippen molar-refractivity contribution in [2.45, 2.75) is 31.9 Å². The van der Waals surface area contributed by atoms with E-state index in [1.54, 1.807) is 6.20 Å². The van der Waals surface area contributed by atoms with Crippen LogP contribution in [0.3, 0.4) is 0 Å². The number of ether oxygens (including phenoxy) is 1. The summed E-state index contributed by atoms with van der Waals surface area (Å²) in [6.07, 6.45) is 4.00. The zero-order valence-corrected chi connectivity index (χ0v) is 12.8. The lowest BCUT2D eigenvalue weighted by Gasteiger charge is -2.29. The molecule has 0 amide bonds. The summed E-state index contributed by atoms with van der Waals surface area (Å²) in [6.45, 7) is 2.89. The molecule has 0 spiro atoms. The SMILES string of the molecule is CC1CC(Nc2c(C(N)=S)cnc3ccccc23)CCO1. The third kappa shape index (κ3) is 2.99. The number of fused-ring (bicyclic) bond motifs is 1. The fraction of sp³-hybridized carbons (Fsp3) is 0.375. The lowest BCUT2D eigenvalue weighted by molar-refractivity contribution is 0.0232. The summed E-state index contributed by atoms with van der Waals surface area (Å²) in [7, 11) is 0. The van der Waals surface area contributed by atoms with Gasteiger partial charge in [0, 0.05) is 24.2 Å². The maximum Gasteiger partial charge on any atom is 0.107 e. The van der Waals surface area contributed by atoms with Crippen molar-refractivity contribution in [1.82, 2.24) is 4.98 Å². The molecule has 0 saturated carbocycles. The molecular weight excluding hydrogens is 282 g/mol. The lowest BCUT2D eigenvalue weighted by Crippen LogP contribution is -2.33. The zero-order valence-electron chi connectivity index (χ0n) is 12.0. The Bertz CT molecular complexity index is 674. The molecule has 0 radical (unpaired) electrons. The monoisotopic (exact) mass is 301 g/mol. The molecule has 1 saturated heterocycles. The molecule has 2 atom stereocenters. The van der Waals surface area contributed by atoms with Gasteiger partial charge in [0.05, 0.1) is 22.9 Å². The summed E-state index contributed by atoms with van der Waals surface area (Å²) in [5.41, 5.74) is 8.61. The van der Waals surface area contributed by atoms with Gasteiger partial charge in [-0.1, -0.05) is 30.4 Å². The van der Waals surface area contributed by atoms with Crippen LogP contribution in [0, 0.1) is 0 Å². The molecule has 0 bridgehead atoms. The van der Waals surface area contributed by atoms with E-state index in [1.165, 1.54) is 0 Å². The maximum atomic E-state index is 5.86. The summed E-state index contributed by atoms with van der Waals surface area (Å²) in [5, 5.41) is 4.67. The van der Waals surface area contributed by atoms with E-state index in [1.807, 2.05) is 18.2 Å². The number of thiocarbonyl (C=S) groups is 1. The third-order valence-electron chi connectivity index (χ3n) is 3.87. The Balaban J connectivity index is 2.01. The first-order valence-corrected chi connectivity index (χ1v) is 7.61. The number of pyridine rings is 1. The molecule has 21 heavy (non-hydrogen) atoms. The molecule has 110 valence electrons. The minimum atomic E-state index is 0.276. The Hall–Kier alpha value is -1.72. The summed E-state index contributed by atoms with van der Waals surface area (Å²) < 4.78 is 5.61. The van der Waals surface area contributed by atoms with Gasteiger partial charge in [-0.3, -0.25) is 4.98 Å². The highest BCUT2D eigenvalue weighted by molar-refractivity contribution is 7.80. The second kappa shape index (κ2) is 5.95. The van der Waals surface area contributed by atoms with Crippen LogP contribution in [0.15, 0.2) is 30.5 Å². The highest BCUT2D eigenvalue weighted by Gasteiger charge is 2.21. The molecule has 1 fully saturated rings. The number of benzene rings is 1. The van der Waals surface area contributed by atoms with Gasteiger partial charge in [0.1, 0.15) is 4.99 Å².